The molecule has 0 saturated carbocycles. The maximum atomic E-state index is 11.3. The summed E-state index contributed by atoms with van der Waals surface area (Å²) < 4.78 is 0.574. The summed E-state index contributed by atoms with van der Waals surface area (Å²) in [4.78, 5) is 12.9. The van der Waals surface area contributed by atoms with E-state index < -0.39 is 0 Å². The average molecular weight is 237 g/mol. The number of rotatable bonds is 1. The number of thioether (sulfide) groups is 1. The first-order valence-corrected chi connectivity index (χ1v) is 5.16. The number of carbonyl (C=O) groups is 1. The normalized spacial score (nSPS) is 24.6. The molecule has 1 heterocycles. The maximum Gasteiger partial charge on any atom is 0.264 e. The third-order valence-electron chi connectivity index (χ3n) is 1.45. The van der Waals surface area contributed by atoms with Gasteiger partial charge >= 0.3 is 0 Å². The van der Waals surface area contributed by atoms with E-state index in [9.17, 15) is 4.79 Å². The molecule has 0 saturated heterocycles. The Hall–Kier alpha value is -0.160. The molecule has 0 spiro atoms. The van der Waals surface area contributed by atoms with Crippen LogP contribution in [0.15, 0.2) is 10.7 Å². The lowest BCUT2D eigenvalue weighted by Gasteiger charge is -2.30. The SMILES string of the molecule is CSC1NC=C(Br)C(=O)N1C. The van der Waals surface area contributed by atoms with Gasteiger partial charge in [-0.1, -0.05) is 0 Å². The van der Waals surface area contributed by atoms with Gasteiger partial charge in [-0.15, -0.1) is 11.8 Å². The van der Waals surface area contributed by atoms with Crippen LogP contribution in [0.2, 0.25) is 0 Å². The smallest absolute Gasteiger partial charge is 0.264 e. The summed E-state index contributed by atoms with van der Waals surface area (Å²) in [6, 6.07) is 0. The van der Waals surface area contributed by atoms with Gasteiger partial charge in [-0.3, -0.25) is 4.79 Å². The molecule has 62 valence electrons. The number of amides is 1. The first kappa shape index (κ1) is 8.93. The number of halogens is 1. The van der Waals surface area contributed by atoms with E-state index in [1.807, 2.05) is 6.26 Å². The van der Waals surface area contributed by atoms with Crippen molar-refractivity contribution in [1.82, 2.24) is 10.2 Å². The van der Waals surface area contributed by atoms with Crippen LogP contribution in [0.5, 0.6) is 0 Å². The van der Waals surface area contributed by atoms with Gasteiger partial charge in [-0.25, -0.2) is 0 Å². The van der Waals surface area contributed by atoms with E-state index in [2.05, 4.69) is 21.2 Å². The van der Waals surface area contributed by atoms with Gasteiger partial charge in [0.05, 0.1) is 4.48 Å². The Morgan fingerprint density at radius 3 is 3.00 bits per heavy atom. The first-order valence-electron chi connectivity index (χ1n) is 3.08. The van der Waals surface area contributed by atoms with Crippen LogP contribution in [0.1, 0.15) is 0 Å². The molecule has 0 aromatic heterocycles. The molecular formula is C6H9BrN2OS. The molecule has 1 amide bonds. The third-order valence-corrected chi connectivity index (χ3v) is 2.92. The van der Waals surface area contributed by atoms with Gasteiger partial charge in [-0.2, -0.15) is 0 Å². The molecule has 1 unspecified atom stereocenters. The van der Waals surface area contributed by atoms with Gasteiger partial charge in [-0.05, 0) is 22.2 Å². The summed E-state index contributed by atoms with van der Waals surface area (Å²) in [5, 5.41) is 3.06. The fourth-order valence-corrected chi connectivity index (χ4v) is 1.85. The Kier molecular flexibility index (Phi) is 2.84. The zero-order valence-electron chi connectivity index (χ0n) is 6.30. The Bertz CT molecular complexity index is 207. The molecule has 0 aromatic rings. The number of carbonyl (C=O) groups excluding carboxylic acids is 1. The Balaban J connectivity index is 2.76. The van der Waals surface area contributed by atoms with Crippen molar-refractivity contribution in [2.75, 3.05) is 13.3 Å². The van der Waals surface area contributed by atoms with Gasteiger partial charge in [0.1, 0.15) is 5.50 Å². The van der Waals surface area contributed by atoms with Gasteiger partial charge in [0.2, 0.25) is 0 Å². The molecule has 0 radical (unpaired) electrons. The van der Waals surface area contributed by atoms with Gasteiger partial charge in [0.15, 0.2) is 0 Å². The average Bonchev–Trinajstić information content (AvgIpc) is 2.01. The van der Waals surface area contributed by atoms with Gasteiger partial charge < -0.3 is 10.2 Å². The summed E-state index contributed by atoms with van der Waals surface area (Å²) in [6.07, 6.45) is 3.64. The van der Waals surface area contributed by atoms with Crippen LogP contribution in [0.25, 0.3) is 0 Å². The highest BCUT2D eigenvalue weighted by molar-refractivity contribution is 9.12. The predicted molar refractivity (Wildman–Crippen MR) is 50.2 cm³/mol. The third kappa shape index (κ3) is 1.70. The van der Waals surface area contributed by atoms with E-state index in [1.165, 1.54) is 0 Å². The number of nitrogens with one attached hydrogen (secondary N) is 1. The van der Waals surface area contributed by atoms with Crippen LogP contribution in [-0.2, 0) is 4.79 Å². The number of likely N-dealkylation sites (N-methyl/N-ethyl adjacent to an activating group) is 1. The summed E-state index contributed by atoms with van der Waals surface area (Å²) in [5.74, 6) is 0.0168. The zero-order chi connectivity index (χ0) is 8.43. The van der Waals surface area contributed by atoms with Crippen molar-refractivity contribution in [1.29, 1.82) is 0 Å². The second kappa shape index (κ2) is 3.49. The summed E-state index contributed by atoms with van der Waals surface area (Å²) in [7, 11) is 1.77. The van der Waals surface area contributed by atoms with Crippen molar-refractivity contribution < 1.29 is 4.79 Å². The van der Waals surface area contributed by atoms with Crippen LogP contribution in [0, 0.1) is 0 Å². The molecular weight excluding hydrogens is 228 g/mol. The first-order chi connectivity index (χ1) is 5.16. The molecule has 1 rings (SSSR count). The number of hydrogen-bond acceptors (Lipinski definition) is 3. The van der Waals surface area contributed by atoms with E-state index in [-0.39, 0.29) is 11.4 Å². The maximum absolute atomic E-state index is 11.3. The number of hydrogen-bond donors (Lipinski definition) is 1. The Morgan fingerprint density at radius 2 is 2.45 bits per heavy atom. The van der Waals surface area contributed by atoms with Crippen LogP contribution in [0.3, 0.4) is 0 Å². The van der Waals surface area contributed by atoms with Crippen LogP contribution < -0.4 is 5.32 Å². The van der Waals surface area contributed by atoms with E-state index in [0.717, 1.165) is 0 Å². The standard InChI is InChI=1S/C6H9BrN2OS/c1-9-5(10)4(7)3-8-6(9)11-2/h3,6,8H,1-2H3. The highest BCUT2D eigenvalue weighted by Gasteiger charge is 2.23. The molecule has 1 N–H and O–H groups in total. The zero-order valence-corrected chi connectivity index (χ0v) is 8.70. The molecule has 0 fully saturated rings. The van der Waals surface area contributed by atoms with Crippen LogP contribution >= 0.6 is 27.7 Å². The predicted octanol–water partition coefficient (Wildman–Crippen LogP) is 0.931. The lowest BCUT2D eigenvalue weighted by Crippen LogP contribution is -2.45. The van der Waals surface area contributed by atoms with E-state index in [0.29, 0.717) is 4.48 Å². The molecule has 0 bridgehead atoms. The molecule has 1 atom stereocenters. The van der Waals surface area contributed by atoms with Crippen molar-refractivity contribution >= 4 is 33.6 Å². The monoisotopic (exact) mass is 236 g/mol. The van der Waals surface area contributed by atoms with Gasteiger partial charge in [0, 0.05) is 13.2 Å². The second-order valence-electron chi connectivity index (χ2n) is 2.16. The Morgan fingerprint density at radius 1 is 1.82 bits per heavy atom. The summed E-state index contributed by atoms with van der Waals surface area (Å²) in [6.45, 7) is 0. The van der Waals surface area contributed by atoms with Crippen LogP contribution in [-0.4, -0.2) is 29.6 Å². The summed E-state index contributed by atoms with van der Waals surface area (Å²) >= 11 is 4.74. The minimum atomic E-state index is 0.0168. The quantitative estimate of drug-likeness (QED) is 0.736. The van der Waals surface area contributed by atoms with Crippen molar-refractivity contribution in [3.63, 3.8) is 0 Å². The fourth-order valence-electron chi connectivity index (χ4n) is 0.819. The number of nitrogens with zero attached hydrogens (tertiary/aromatic N) is 1. The molecule has 0 aliphatic carbocycles. The molecule has 11 heavy (non-hydrogen) atoms. The molecule has 5 heteroatoms. The van der Waals surface area contributed by atoms with Gasteiger partial charge in [0.25, 0.3) is 5.91 Å². The van der Waals surface area contributed by atoms with Crippen molar-refractivity contribution in [3.8, 4) is 0 Å². The van der Waals surface area contributed by atoms with Crippen molar-refractivity contribution in [2.24, 2.45) is 0 Å². The molecule has 0 aromatic carbocycles. The fraction of sp³-hybridized carbons (Fsp3) is 0.500. The van der Waals surface area contributed by atoms with E-state index >= 15 is 0 Å². The minimum Gasteiger partial charge on any atom is -0.362 e. The highest BCUT2D eigenvalue weighted by Crippen LogP contribution is 2.18. The van der Waals surface area contributed by atoms with E-state index in [4.69, 9.17) is 0 Å². The lowest BCUT2D eigenvalue weighted by atomic mass is 10.4. The molecule has 1 aliphatic heterocycles. The largest absolute Gasteiger partial charge is 0.362 e. The van der Waals surface area contributed by atoms with Crippen LogP contribution in [0.4, 0.5) is 0 Å². The van der Waals surface area contributed by atoms with E-state index in [1.54, 1.807) is 29.9 Å². The molecule has 3 nitrogen and oxygen atoms in total. The second-order valence-corrected chi connectivity index (χ2v) is 3.94. The Labute approximate surface area is 78.3 Å². The topological polar surface area (TPSA) is 32.3 Å². The van der Waals surface area contributed by atoms with Crippen molar-refractivity contribution in [2.45, 2.75) is 5.50 Å². The van der Waals surface area contributed by atoms with Crippen molar-refractivity contribution in [3.05, 3.63) is 10.7 Å². The lowest BCUT2D eigenvalue weighted by molar-refractivity contribution is -0.126. The summed E-state index contributed by atoms with van der Waals surface area (Å²) in [5.41, 5.74) is 0.0591. The highest BCUT2D eigenvalue weighted by atomic mass is 79.9. The minimum absolute atomic E-state index is 0.0168. The molecule has 1 aliphatic rings.